The predicted octanol–water partition coefficient (Wildman–Crippen LogP) is 3.86. The molecule has 4 aliphatic rings. The van der Waals surface area contributed by atoms with Crippen molar-refractivity contribution in [3.8, 4) is 0 Å². The predicted molar refractivity (Wildman–Crippen MR) is 260 cm³/mol. The minimum atomic E-state index is -1.64. The van der Waals surface area contributed by atoms with Crippen molar-refractivity contribution in [1.29, 1.82) is 0 Å². The van der Waals surface area contributed by atoms with E-state index in [4.69, 9.17) is 42.6 Å². The lowest BCUT2D eigenvalue weighted by Gasteiger charge is -2.46. The first kappa shape index (κ1) is 55.3. The van der Waals surface area contributed by atoms with E-state index in [1.165, 1.54) is 0 Å². The number of ether oxygens (including phenoxy) is 9. The van der Waals surface area contributed by atoms with Crippen LogP contribution in [0.25, 0.3) is 0 Å². The van der Waals surface area contributed by atoms with E-state index in [9.17, 15) is 39.9 Å². The number of nitrogens with one attached hydrogen (secondary N) is 3. The first-order valence-corrected chi connectivity index (χ1v) is 24.9. The standard InChI is InChI=1S/C53H69N3O17/c1-3-38-21-23-40(55-52(63)66-30-34-15-9-5-10-16-34)48(68-38)71-45-32(2)25-36(19-20-37(59)27-57)43(60)47(45)73-50-44(61)46(42(28-58)70-50)72-49-41(56-53(64)67-31-35-17-11-6-12-18-35)24-22-39(69-49)26-54-51(62)65-29-33-13-7-4-8-14-33/h4-18,21-24,32,36-50,57-61H,3,19-20,25-31H2,1-2H3,(H,54,62)(H,55,63)(H,56,64)/t32-,36+,37?,38+,39+,40+,41+,42+,43-,44+,45+,46+,47+,48+,49+,50-/m0/s1. The molecule has 0 bridgehead atoms. The van der Waals surface area contributed by atoms with Crippen molar-refractivity contribution in [1.82, 2.24) is 16.0 Å². The van der Waals surface area contributed by atoms with Crippen LogP contribution in [0.5, 0.6) is 0 Å². The summed E-state index contributed by atoms with van der Waals surface area (Å²) in [6.45, 7) is 2.64. The lowest BCUT2D eigenvalue weighted by molar-refractivity contribution is -0.291. The first-order chi connectivity index (χ1) is 35.4. The highest BCUT2D eigenvalue weighted by Crippen LogP contribution is 2.40. The molecule has 20 nitrogen and oxygen atoms in total. The van der Waals surface area contributed by atoms with Gasteiger partial charge in [0.1, 0.15) is 56.3 Å². The zero-order valence-electron chi connectivity index (χ0n) is 40.9. The Balaban J connectivity index is 1.06. The van der Waals surface area contributed by atoms with Gasteiger partial charge in [0, 0.05) is 0 Å². The molecule has 2 fully saturated rings. The van der Waals surface area contributed by atoms with Crippen LogP contribution in [0.2, 0.25) is 0 Å². The molecule has 16 atom stereocenters. The van der Waals surface area contributed by atoms with E-state index in [1.807, 2.05) is 98.8 Å². The van der Waals surface area contributed by atoms with Gasteiger partial charge in [-0.25, -0.2) is 14.4 Å². The van der Waals surface area contributed by atoms with E-state index in [-0.39, 0.29) is 44.8 Å². The molecule has 1 saturated carbocycles. The fraction of sp³-hybridized carbons (Fsp3) is 0.528. The highest BCUT2D eigenvalue weighted by atomic mass is 16.8. The first-order valence-electron chi connectivity index (χ1n) is 24.9. The number of benzene rings is 3. The minimum absolute atomic E-state index is 0.0241. The number of hydrogen-bond donors (Lipinski definition) is 8. The van der Waals surface area contributed by atoms with Gasteiger partial charge in [-0.05, 0) is 54.2 Å². The summed E-state index contributed by atoms with van der Waals surface area (Å²) in [5.74, 6) is -0.837. The van der Waals surface area contributed by atoms with Crippen molar-refractivity contribution in [3.63, 3.8) is 0 Å². The Morgan fingerprint density at radius 1 is 0.630 bits per heavy atom. The lowest BCUT2D eigenvalue weighted by atomic mass is 9.74. The fourth-order valence-corrected chi connectivity index (χ4v) is 9.14. The van der Waals surface area contributed by atoms with Crippen molar-refractivity contribution in [2.24, 2.45) is 11.8 Å². The van der Waals surface area contributed by atoms with Crippen molar-refractivity contribution in [2.45, 2.75) is 145 Å². The Hall–Kier alpha value is -5.49. The Kier molecular flexibility index (Phi) is 21.0. The van der Waals surface area contributed by atoms with E-state index in [0.717, 1.165) is 16.7 Å². The molecule has 3 aromatic carbocycles. The number of aliphatic hydroxyl groups excluding tert-OH is 5. The van der Waals surface area contributed by atoms with Crippen molar-refractivity contribution in [2.75, 3.05) is 19.8 Å². The molecule has 0 radical (unpaired) electrons. The van der Waals surface area contributed by atoms with Crippen LogP contribution in [0.1, 0.15) is 56.2 Å². The third-order valence-corrected chi connectivity index (χ3v) is 13.1. The third kappa shape index (κ3) is 16.0. The Bertz CT molecular complexity index is 2210. The van der Waals surface area contributed by atoms with Gasteiger partial charge in [0.05, 0.1) is 50.3 Å². The van der Waals surface area contributed by atoms with Gasteiger partial charge in [0.15, 0.2) is 18.9 Å². The number of alkyl carbamates (subject to hydrolysis) is 3. The molecule has 0 spiro atoms. The maximum Gasteiger partial charge on any atom is 0.408 e. The molecule has 73 heavy (non-hydrogen) atoms. The van der Waals surface area contributed by atoms with E-state index >= 15 is 0 Å². The Morgan fingerprint density at radius 3 is 1.64 bits per heavy atom. The Labute approximate surface area is 424 Å². The number of amides is 3. The van der Waals surface area contributed by atoms with Crippen molar-refractivity contribution < 1.29 is 82.5 Å². The number of carbonyl (C=O) groups is 3. The molecule has 0 aromatic heterocycles. The summed E-state index contributed by atoms with van der Waals surface area (Å²) >= 11 is 0. The molecule has 1 aliphatic carbocycles. The van der Waals surface area contributed by atoms with E-state index < -0.39 is 117 Å². The van der Waals surface area contributed by atoms with E-state index in [0.29, 0.717) is 19.3 Å². The SMILES string of the molecule is CC[C@@H]1C=C[C@@H](NC(=O)OCc2ccccc2)[C@@H](O[C@H]2[C@H](O[C@@H]3O[C@H](CO)[C@@H](O[C@H]4O[C@@H](CNC(=O)OCc5ccccc5)C=C[C@H]4NC(=O)OCc4ccccc4)[C@H]3O)[C@@H](O)[C@H](CCC(O)CO)C[C@@H]2C)O1. The quantitative estimate of drug-likeness (QED) is 0.0524. The van der Waals surface area contributed by atoms with Crippen LogP contribution in [-0.4, -0.2) is 149 Å². The topological polar surface area (TPSA) is 272 Å². The van der Waals surface area contributed by atoms with Gasteiger partial charge in [-0.3, -0.25) is 0 Å². The second-order valence-corrected chi connectivity index (χ2v) is 18.6. The Morgan fingerprint density at radius 2 is 1.12 bits per heavy atom. The van der Waals surface area contributed by atoms with Crippen molar-refractivity contribution >= 4 is 18.3 Å². The third-order valence-electron chi connectivity index (χ3n) is 13.1. The van der Waals surface area contributed by atoms with Crippen LogP contribution in [0, 0.1) is 11.8 Å². The zero-order valence-corrected chi connectivity index (χ0v) is 40.9. The van der Waals surface area contributed by atoms with Crippen LogP contribution >= 0.6 is 0 Å². The average Bonchev–Trinajstić information content (AvgIpc) is 3.71. The molecule has 3 amide bonds. The molecule has 1 unspecified atom stereocenters. The highest BCUT2D eigenvalue weighted by Gasteiger charge is 2.53. The summed E-state index contributed by atoms with van der Waals surface area (Å²) in [6, 6.07) is 25.5. The maximum atomic E-state index is 13.2. The molecule has 1 saturated heterocycles. The smallest absolute Gasteiger partial charge is 0.408 e. The average molecular weight is 1020 g/mol. The molecule has 3 aromatic rings. The summed E-state index contributed by atoms with van der Waals surface area (Å²) < 4.78 is 54.7. The van der Waals surface area contributed by atoms with Gasteiger partial charge in [-0.2, -0.15) is 0 Å². The molecular weight excluding hydrogens is 951 g/mol. The molecule has 398 valence electrons. The number of carbonyl (C=O) groups excluding carboxylic acids is 3. The fourth-order valence-electron chi connectivity index (χ4n) is 9.14. The van der Waals surface area contributed by atoms with Gasteiger partial charge in [-0.1, -0.05) is 129 Å². The van der Waals surface area contributed by atoms with Crippen molar-refractivity contribution in [3.05, 3.63) is 132 Å². The normalized spacial score (nSPS) is 31.2. The van der Waals surface area contributed by atoms with Gasteiger partial charge >= 0.3 is 18.3 Å². The summed E-state index contributed by atoms with van der Waals surface area (Å²) in [6.07, 6.45) is -7.94. The maximum absolute atomic E-state index is 13.2. The minimum Gasteiger partial charge on any atom is -0.445 e. The summed E-state index contributed by atoms with van der Waals surface area (Å²) in [5, 5.41) is 62.9. The molecular formula is C53H69N3O17. The number of hydrogen-bond acceptors (Lipinski definition) is 17. The van der Waals surface area contributed by atoms with Crippen LogP contribution in [0.15, 0.2) is 115 Å². The van der Waals surface area contributed by atoms with Gasteiger partial charge < -0.3 is 84.1 Å². The van der Waals surface area contributed by atoms with Crippen LogP contribution in [0.4, 0.5) is 14.4 Å². The van der Waals surface area contributed by atoms with Crippen LogP contribution < -0.4 is 16.0 Å². The van der Waals surface area contributed by atoms with E-state index in [1.54, 1.807) is 30.4 Å². The molecule has 20 heteroatoms. The monoisotopic (exact) mass is 1020 g/mol. The van der Waals surface area contributed by atoms with Gasteiger partial charge in [-0.15, -0.1) is 0 Å². The molecule has 8 N–H and O–H groups in total. The largest absolute Gasteiger partial charge is 0.445 e. The number of aliphatic hydroxyl groups is 5. The zero-order chi connectivity index (χ0) is 51.7. The van der Waals surface area contributed by atoms with E-state index in [2.05, 4.69) is 16.0 Å². The second kappa shape index (κ2) is 27.7. The molecule has 3 aliphatic heterocycles. The molecule has 3 heterocycles. The van der Waals surface area contributed by atoms with Crippen LogP contribution in [-0.2, 0) is 62.5 Å². The summed E-state index contributed by atoms with van der Waals surface area (Å²) in [4.78, 5) is 39.0. The highest BCUT2D eigenvalue weighted by molar-refractivity contribution is 5.69. The molecule has 7 rings (SSSR count). The summed E-state index contributed by atoms with van der Waals surface area (Å²) in [5.41, 5.74) is 2.33. The van der Waals surface area contributed by atoms with Gasteiger partial charge in [0.25, 0.3) is 0 Å². The summed E-state index contributed by atoms with van der Waals surface area (Å²) in [7, 11) is 0. The lowest BCUT2D eigenvalue weighted by Crippen LogP contribution is -2.58. The number of rotatable bonds is 22. The second-order valence-electron chi connectivity index (χ2n) is 18.6. The van der Waals surface area contributed by atoms with Gasteiger partial charge in [0.2, 0.25) is 0 Å². The van der Waals surface area contributed by atoms with Crippen LogP contribution in [0.3, 0.4) is 0 Å².